The van der Waals surface area contributed by atoms with Crippen molar-refractivity contribution < 1.29 is 4.79 Å². The molecule has 2 heterocycles. The lowest BCUT2D eigenvalue weighted by Gasteiger charge is -2.11. The largest absolute Gasteiger partial charge is 0.321 e. The molecule has 5 nitrogen and oxygen atoms in total. The minimum Gasteiger partial charge on any atom is -0.321 e. The maximum atomic E-state index is 12.4. The van der Waals surface area contributed by atoms with Crippen molar-refractivity contribution in [2.75, 3.05) is 5.32 Å². The molecule has 0 aliphatic heterocycles. The summed E-state index contributed by atoms with van der Waals surface area (Å²) in [5.74, 6) is -0.149. The number of amides is 1. The first-order valence-electron chi connectivity index (χ1n) is 7.02. The average Bonchev–Trinajstić information content (AvgIpc) is 3.13. The van der Waals surface area contributed by atoms with Crippen molar-refractivity contribution in [1.82, 2.24) is 15.2 Å². The Kier molecular flexibility index (Phi) is 2.96. The van der Waals surface area contributed by atoms with Crippen LogP contribution in [-0.2, 0) is 12.8 Å². The van der Waals surface area contributed by atoms with E-state index in [9.17, 15) is 4.79 Å². The van der Waals surface area contributed by atoms with Crippen molar-refractivity contribution in [3.63, 3.8) is 0 Å². The van der Waals surface area contributed by atoms with E-state index in [1.807, 2.05) is 18.2 Å². The minimum absolute atomic E-state index is 0.149. The number of aromatic nitrogens is 3. The van der Waals surface area contributed by atoms with E-state index >= 15 is 0 Å². The van der Waals surface area contributed by atoms with Crippen LogP contribution in [0.4, 0.5) is 5.69 Å². The van der Waals surface area contributed by atoms with Crippen LogP contribution in [0.1, 0.15) is 34.6 Å². The van der Waals surface area contributed by atoms with Gasteiger partial charge in [-0.15, -0.1) is 11.3 Å². The topological polar surface area (TPSA) is 70.7 Å². The van der Waals surface area contributed by atoms with Crippen LogP contribution < -0.4 is 5.32 Å². The summed E-state index contributed by atoms with van der Waals surface area (Å²) in [6.07, 6.45) is 4.20. The van der Waals surface area contributed by atoms with Crippen molar-refractivity contribution in [2.45, 2.75) is 25.7 Å². The Bertz CT molecular complexity index is 820. The van der Waals surface area contributed by atoms with Gasteiger partial charge in [-0.1, -0.05) is 0 Å². The average molecular weight is 298 g/mol. The number of benzene rings is 1. The smallest absolute Gasteiger partial charge is 0.276 e. The zero-order chi connectivity index (χ0) is 14.2. The molecule has 1 amide bonds. The number of carbonyl (C=O) groups is 1. The number of anilines is 1. The van der Waals surface area contributed by atoms with Gasteiger partial charge in [0.05, 0.1) is 15.7 Å². The Morgan fingerprint density at radius 2 is 2.19 bits per heavy atom. The highest BCUT2D eigenvalue weighted by Crippen LogP contribution is 2.24. The molecular weight excluding hydrogens is 284 g/mol. The molecule has 106 valence electrons. The highest BCUT2D eigenvalue weighted by molar-refractivity contribution is 7.16. The Hall–Kier alpha value is -2.21. The van der Waals surface area contributed by atoms with Gasteiger partial charge in [-0.3, -0.25) is 9.89 Å². The second-order valence-corrected chi connectivity index (χ2v) is 6.11. The molecule has 1 aliphatic carbocycles. The molecule has 0 spiro atoms. The molecule has 0 unspecified atom stereocenters. The number of rotatable bonds is 2. The molecule has 0 radical (unpaired) electrons. The summed E-state index contributed by atoms with van der Waals surface area (Å²) in [7, 11) is 0. The van der Waals surface area contributed by atoms with E-state index in [0.29, 0.717) is 5.69 Å². The predicted molar refractivity (Wildman–Crippen MR) is 82.8 cm³/mol. The summed E-state index contributed by atoms with van der Waals surface area (Å²) in [5, 5.41) is 10.1. The van der Waals surface area contributed by atoms with Gasteiger partial charge in [0.1, 0.15) is 0 Å². The van der Waals surface area contributed by atoms with Gasteiger partial charge in [-0.25, -0.2) is 4.98 Å². The third-order valence-corrected chi connectivity index (χ3v) is 4.67. The fourth-order valence-corrected chi connectivity index (χ4v) is 3.45. The number of H-pyrrole nitrogens is 1. The number of aryl methyl sites for hydroxylation is 1. The zero-order valence-corrected chi connectivity index (χ0v) is 12.2. The molecule has 6 heteroatoms. The molecule has 2 aromatic heterocycles. The van der Waals surface area contributed by atoms with E-state index in [-0.39, 0.29) is 5.91 Å². The highest BCUT2D eigenvalue weighted by Gasteiger charge is 2.21. The fraction of sp³-hybridized carbons (Fsp3) is 0.267. The van der Waals surface area contributed by atoms with Gasteiger partial charge in [-0.05, 0) is 43.9 Å². The van der Waals surface area contributed by atoms with Crippen molar-refractivity contribution in [2.24, 2.45) is 0 Å². The fourth-order valence-electron chi connectivity index (χ4n) is 2.79. The molecule has 3 aromatic rings. The zero-order valence-electron chi connectivity index (χ0n) is 11.3. The van der Waals surface area contributed by atoms with Crippen molar-refractivity contribution >= 4 is 33.1 Å². The van der Waals surface area contributed by atoms with Gasteiger partial charge in [0, 0.05) is 16.9 Å². The third kappa shape index (κ3) is 2.21. The maximum Gasteiger partial charge on any atom is 0.276 e. The van der Waals surface area contributed by atoms with Crippen LogP contribution in [0.3, 0.4) is 0 Å². The maximum absolute atomic E-state index is 12.4. The molecule has 0 saturated heterocycles. The second kappa shape index (κ2) is 4.96. The van der Waals surface area contributed by atoms with Gasteiger partial charge < -0.3 is 5.32 Å². The number of nitrogens with one attached hydrogen (secondary N) is 2. The molecular formula is C15H14N4OS. The van der Waals surface area contributed by atoms with Gasteiger partial charge in [0.2, 0.25) is 0 Å². The van der Waals surface area contributed by atoms with Crippen LogP contribution in [0.15, 0.2) is 23.7 Å². The molecule has 1 aliphatic rings. The summed E-state index contributed by atoms with van der Waals surface area (Å²) in [5.41, 5.74) is 6.19. The molecule has 2 N–H and O–H groups in total. The van der Waals surface area contributed by atoms with Crippen LogP contribution in [-0.4, -0.2) is 21.1 Å². The summed E-state index contributed by atoms with van der Waals surface area (Å²) >= 11 is 1.59. The molecule has 0 fully saturated rings. The minimum atomic E-state index is -0.149. The third-order valence-electron chi connectivity index (χ3n) is 3.86. The van der Waals surface area contributed by atoms with E-state index in [0.717, 1.165) is 52.8 Å². The molecule has 21 heavy (non-hydrogen) atoms. The Labute approximate surface area is 125 Å². The second-order valence-electron chi connectivity index (χ2n) is 5.23. The molecule has 1 aromatic carbocycles. The Balaban J connectivity index is 1.61. The van der Waals surface area contributed by atoms with Crippen LogP contribution in [0, 0.1) is 0 Å². The van der Waals surface area contributed by atoms with E-state index < -0.39 is 0 Å². The number of thiazole rings is 1. The number of nitrogens with zero attached hydrogens (tertiary/aromatic N) is 2. The molecule has 0 saturated carbocycles. The quantitative estimate of drug-likeness (QED) is 0.763. The van der Waals surface area contributed by atoms with Gasteiger partial charge in [-0.2, -0.15) is 5.10 Å². The summed E-state index contributed by atoms with van der Waals surface area (Å²) in [4.78, 5) is 16.7. The lowest BCUT2D eigenvalue weighted by Crippen LogP contribution is -2.15. The normalized spacial score (nSPS) is 14.1. The SMILES string of the molecule is O=C(Nc1ccc2scnc2c1)c1n[nH]c2c1CCCC2. The van der Waals surface area contributed by atoms with Crippen LogP contribution >= 0.6 is 11.3 Å². The van der Waals surface area contributed by atoms with Gasteiger partial charge in [0.25, 0.3) is 5.91 Å². The number of carbonyl (C=O) groups excluding carboxylic acids is 1. The van der Waals surface area contributed by atoms with Gasteiger partial charge in [0.15, 0.2) is 5.69 Å². The van der Waals surface area contributed by atoms with E-state index in [4.69, 9.17) is 0 Å². The number of fused-ring (bicyclic) bond motifs is 2. The van der Waals surface area contributed by atoms with Crippen LogP contribution in [0.5, 0.6) is 0 Å². The monoisotopic (exact) mass is 298 g/mol. The Morgan fingerprint density at radius 3 is 3.14 bits per heavy atom. The first-order valence-corrected chi connectivity index (χ1v) is 7.90. The van der Waals surface area contributed by atoms with E-state index in [1.165, 1.54) is 0 Å². The number of aromatic amines is 1. The van der Waals surface area contributed by atoms with Crippen molar-refractivity contribution in [3.8, 4) is 0 Å². The summed E-state index contributed by atoms with van der Waals surface area (Å²) in [6.45, 7) is 0. The lowest BCUT2D eigenvalue weighted by atomic mass is 9.96. The van der Waals surface area contributed by atoms with Crippen LogP contribution in [0.25, 0.3) is 10.2 Å². The molecule has 4 rings (SSSR count). The van der Waals surface area contributed by atoms with E-state index in [2.05, 4.69) is 20.5 Å². The summed E-state index contributed by atoms with van der Waals surface area (Å²) < 4.78 is 1.12. The van der Waals surface area contributed by atoms with Crippen molar-refractivity contribution in [1.29, 1.82) is 0 Å². The van der Waals surface area contributed by atoms with Crippen molar-refractivity contribution in [3.05, 3.63) is 40.7 Å². The first-order chi connectivity index (χ1) is 10.3. The molecule has 0 atom stereocenters. The lowest BCUT2D eigenvalue weighted by molar-refractivity contribution is 0.102. The standard InChI is InChI=1S/C15H14N4OS/c20-15(14-10-3-1-2-4-11(10)18-19-14)17-9-5-6-13-12(7-9)16-8-21-13/h5-8H,1-4H2,(H,17,20)(H,18,19). The van der Waals surface area contributed by atoms with Gasteiger partial charge >= 0.3 is 0 Å². The highest BCUT2D eigenvalue weighted by atomic mass is 32.1. The first kappa shape index (κ1) is 12.5. The Morgan fingerprint density at radius 1 is 1.29 bits per heavy atom. The number of hydrogen-bond acceptors (Lipinski definition) is 4. The van der Waals surface area contributed by atoms with E-state index in [1.54, 1.807) is 16.8 Å². The van der Waals surface area contributed by atoms with Crippen LogP contribution in [0.2, 0.25) is 0 Å². The summed E-state index contributed by atoms with van der Waals surface area (Å²) in [6, 6.07) is 5.77. The number of hydrogen-bond donors (Lipinski definition) is 2. The molecule has 0 bridgehead atoms. The predicted octanol–water partition coefficient (Wildman–Crippen LogP) is 3.15.